The quantitative estimate of drug-likeness (QED) is 0.824. The van der Waals surface area contributed by atoms with Gasteiger partial charge in [0.15, 0.2) is 0 Å². The zero-order valence-electron chi connectivity index (χ0n) is 8.21. The van der Waals surface area contributed by atoms with Gasteiger partial charge < -0.3 is 10.2 Å². The van der Waals surface area contributed by atoms with Gasteiger partial charge in [0.25, 0.3) is 5.22 Å². The van der Waals surface area contributed by atoms with Gasteiger partial charge in [0, 0.05) is 6.04 Å². The maximum Gasteiger partial charge on any atom is 0.402 e. The average Bonchev–Trinajstić information content (AvgIpc) is 2.44. The Kier molecular flexibility index (Phi) is 3.67. The molecular weight excluding hydrogens is 229 g/mol. The Labute approximate surface area is 89.2 Å². The number of nitrogens with zero attached hydrogens (tertiary/aromatic N) is 1. The SMILES string of the molecule is Cc1coc(SC(C(C)N)C(F)(F)F)n1. The fourth-order valence-electron chi connectivity index (χ4n) is 0.967. The van der Waals surface area contributed by atoms with Crippen molar-refractivity contribution in [3.05, 3.63) is 12.0 Å². The molecule has 0 radical (unpaired) electrons. The van der Waals surface area contributed by atoms with Crippen LogP contribution in [0, 0.1) is 6.92 Å². The highest BCUT2D eigenvalue weighted by atomic mass is 32.2. The number of alkyl halides is 3. The molecular formula is C8H11F3N2OS. The van der Waals surface area contributed by atoms with Gasteiger partial charge in [-0.25, -0.2) is 4.98 Å². The molecule has 0 aliphatic rings. The highest BCUT2D eigenvalue weighted by molar-refractivity contribution is 7.99. The minimum atomic E-state index is -4.36. The lowest BCUT2D eigenvalue weighted by Gasteiger charge is -2.21. The number of aromatic nitrogens is 1. The number of hydrogen-bond acceptors (Lipinski definition) is 4. The van der Waals surface area contributed by atoms with E-state index in [2.05, 4.69) is 4.98 Å². The molecule has 0 saturated carbocycles. The molecule has 0 aliphatic carbocycles. The van der Waals surface area contributed by atoms with E-state index in [1.165, 1.54) is 13.2 Å². The van der Waals surface area contributed by atoms with Gasteiger partial charge in [-0.2, -0.15) is 13.2 Å². The van der Waals surface area contributed by atoms with Crippen LogP contribution in [0.15, 0.2) is 15.9 Å². The molecule has 3 nitrogen and oxygen atoms in total. The highest BCUT2D eigenvalue weighted by Gasteiger charge is 2.43. The molecule has 2 atom stereocenters. The monoisotopic (exact) mass is 240 g/mol. The van der Waals surface area contributed by atoms with Crippen molar-refractivity contribution < 1.29 is 17.6 Å². The van der Waals surface area contributed by atoms with Gasteiger partial charge in [-0.05, 0) is 13.8 Å². The van der Waals surface area contributed by atoms with Crippen LogP contribution < -0.4 is 5.73 Å². The first kappa shape index (κ1) is 12.4. The minimum Gasteiger partial charge on any atom is -0.440 e. The van der Waals surface area contributed by atoms with Gasteiger partial charge in [0.1, 0.15) is 11.5 Å². The van der Waals surface area contributed by atoms with E-state index in [1.807, 2.05) is 0 Å². The molecule has 1 heterocycles. The van der Waals surface area contributed by atoms with Crippen LogP contribution in [0.3, 0.4) is 0 Å². The first-order valence-electron chi connectivity index (χ1n) is 4.22. The Bertz CT molecular complexity index is 324. The molecule has 0 aliphatic heterocycles. The molecule has 86 valence electrons. The molecule has 0 spiro atoms. The Morgan fingerprint density at radius 1 is 1.53 bits per heavy atom. The van der Waals surface area contributed by atoms with E-state index in [0.29, 0.717) is 17.5 Å². The molecule has 0 bridgehead atoms. The Morgan fingerprint density at radius 3 is 2.47 bits per heavy atom. The average molecular weight is 240 g/mol. The summed E-state index contributed by atoms with van der Waals surface area (Å²) >= 11 is 0.497. The maximum atomic E-state index is 12.5. The molecule has 0 amide bonds. The molecule has 1 aromatic heterocycles. The summed E-state index contributed by atoms with van der Waals surface area (Å²) in [7, 11) is 0. The standard InChI is InChI=1S/C8H11F3N2OS/c1-4-3-14-7(13-4)15-6(5(2)12)8(9,10)11/h3,5-6H,12H2,1-2H3. The van der Waals surface area contributed by atoms with Crippen molar-refractivity contribution in [3.63, 3.8) is 0 Å². The number of hydrogen-bond donors (Lipinski definition) is 1. The minimum absolute atomic E-state index is 0.00729. The predicted octanol–water partition coefficient (Wildman–Crippen LogP) is 2.35. The second-order valence-corrected chi connectivity index (χ2v) is 4.29. The van der Waals surface area contributed by atoms with Crippen molar-refractivity contribution in [2.45, 2.75) is 36.5 Å². The van der Waals surface area contributed by atoms with Gasteiger partial charge in [-0.3, -0.25) is 0 Å². The molecule has 7 heteroatoms. The number of nitrogens with two attached hydrogens (primary N) is 1. The maximum absolute atomic E-state index is 12.5. The fourth-order valence-corrected chi connectivity index (χ4v) is 1.83. The predicted molar refractivity (Wildman–Crippen MR) is 50.6 cm³/mol. The van der Waals surface area contributed by atoms with Gasteiger partial charge >= 0.3 is 6.18 Å². The van der Waals surface area contributed by atoms with Crippen LogP contribution in [-0.4, -0.2) is 22.5 Å². The largest absolute Gasteiger partial charge is 0.440 e. The summed E-state index contributed by atoms with van der Waals surface area (Å²) in [4.78, 5) is 3.79. The topological polar surface area (TPSA) is 52.0 Å². The summed E-state index contributed by atoms with van der Waals surface area (Å²) in [5.74, 6) is 0. The molecule has 15 heavy (non-hydrogen) atoms. The van der Waals surface area contributed by atoms with Crippen LogP contribution >= 0.6 is 11.8 Å². The van der Waals surface area contributed by atoms with Crippen molar-refractivity contribution >= 4 is 11.8 Å². The molecule has 0 aromatic carbocycles. The third kappa shape index (κ3) is 3.42. The number of halogens is 3. The zero-order chi connectivity index (χ0) is 11.6. The van der Waals surface area contributed by atoms with E-state index in [4.69, 9.17) is 10.2 Å². The van der Waals surface area contributed by atoms with Crippen LogP contribution in [0.2, 0.25) is 0 Å². The van der Waals surface area contributed by atoms with Crippen molar-refractivity contribution in [1.29, 1.82) is 0 Å². The number of thioether (sulfide) groups is 1. The van der Waals surface area contributed by atoms with Crippen LogP contribution in [0.1, 0.15) is 12.6 Å². The summed E-state index contributed by atoms with van der Waals surface area (Å²) in [5, 5.41) is -1.71. The summed E-state index contributed by atoms with van der Waals surface area (Å²) < 4.78 is 42.3. The normalized spacial score (nSPS) is 16.4. The lowest BCUT2D eigenvalue weighted by molar-refractivity contribution is -0.131. The zero-order valence-corrected chi connectivity index (χ0v) is 9.02. The van der Waals surface area contributed by atoms with Crippen LogP contribution in [0.25, 0.3) is 0 Å². The first-order chi connectivity index (χ1) is 6.80. The Balaban J connectivity index is 2.76. The van der Waals surface area contributed by atoms with Gasteiger partial charge in [-0.15, -0.1) is 0 Å². The van der Waals surface area contributed by atoms with E-state index in [1.54, 1.807) is 6.92 Å². The molecule has 1 aromatic rings. The van der Waals surface area contributed by atoms with E-state index in [9.17, 15) is 13.2 Å². The smallest absolute Gasteiger partial charge is 0.402 e. The van der Waals surface area contributed by atoms with Crippen molar-refractivity contribution in [1.82, 2.24) is 4.98 Å². The third-order valence-electron chi connectivity index (χ3n) is 1.63. The van der Waals surface area contributed by atoms with E-state index >= 15 is 0 Å². The second kappa shape index (κ2) is 4.44. The number of aryl methyl sites for hydroxylation is 1. The van der Waals surface area contributed by atoms with E-state index in [-0.39, 0.29) is 5.22 Å². The van der Waals surface area contributed by atoms with Gasteiger partial charge in [-0.1, -0.05) is 11.8 Å². The third-order valence-corrected chi connectivity index (χ3v) is 2.97. The molecule has 0 fully saturated rings. The first-order valence-corrected chi connectivity index (χ1v) is 5.09. The fraction of sp³-hybridized carbons (Fsp3) is 0.625. The number of rotatable bonds is 3. The van der Waals surface area contributed by atoms with Crippen LogP contribution in [0.5, 0.6) is 0 Å². The lowest BCUT2D eigenvalue weighted by atomic mass is 10.2. The van der Waals surface area contributed by atoms with Gasteiger partial charge in [0.2, 0.25) is 0 Å². The van der Waals surface area contributed by atoms with Crippen molar-refractivity contribution in [2.24, 2.45) is 5.73 Å². The summed E-state index contributed by atoms with van der Waals surface area (Å²) in [6.07, 6.45) is -3.06. The van der Waals surface area contributed by atoms with Gasteiger partial charge in [0.05, 0.1) is 5.69 Å². The van der Waals surface area contributed by atoms with Crippen molar-refractivity contribution in [3.8, 4) is 0 Å². The second-order valence-electron chi connectivity index (χ2n) is 3.19. The lowest BCUT2D eigenvalue weighted by Crippen LogP contribution is -2.40. The summed E-state index contributed by atoms with van der Waals surface area (Å²) in [6, 6.07) is -1.01. The van der Waals surface area contributed by atoms with E-state index < -0.39 is 17.5 Å². The van der Waals surface area contributed by atoms with E-state index in [0.717, 1.165) is 0 Å². The van der Waals surface area contributed by atoms with Crippen LogP contribution in [-0.2, 0) is 0 Å². The molecule has 2 unspecified atom stereocenters. The molecule has 0 saturated heterocycles. The van der Waals surface area contributed by atoms with Crippen LogP contribution in [0.4, 0.5) is 13.2 Å². The van der Waals surface area contributed by atoms with Crippen molar-refractivity contribution in [2.75, 3.05) is 0 Å². The number of oxazole rings is 1. The Morgan fingerprint density at radius 2 is 2.13 bits per heavy atom. The Hall–Kier alpha value is -0.690. The summed E-state index contributed by atoms with van der Waals surface area (Å²) in [5.41, 5.74) is 5.81. The molecule has 2 N–H and O–H groups in total. The summed E-state index contributed by atoms with van der Waals surface area (Å²) in [6.45, 7) is 2.95. The molecule has 1 rings (SSSR count). The highest BCUT2D eigenvalue weighted by Crippen LogP contribution is 2.36.